The molecule has 80 valence electrons. The Morgan fingerprint density at radius 2 is 1.93 bits per heavy atom. The van der Waals surface area contributed by atoms with Crippen LogP contribution in [0, 0.1) is 6.92 Å². The van der Waals surface area contributed by atoms with Crippen molar-refractivity contribution in [3.8, 4) is 0 Å². The molecule has 0 atom stereocenters. The van der Waals surface area contributed by atoms with Gasteiger partial charge in [-0.1, -0.05) is 31.2 Å². The topological polar surface area (TPSA) is 26.0 Å². The van der Waals surface area contributed by atoms with Crippen molar-refractivity contribution < 1.29 is 4.42 Å². The highest BCUT2D eigenvalue weighted by Crippen LogP contribution is 2.21. The molecule has 0 unspecified atom stereocenters. The first-order valence-corrected chi connectivity index (χ1v) is 8.83. The van der Waals surface area contributed by atoms with E-state index in [9.17, 15) is 0 Å². The summed E-state index contributed by atoms with van der Waals surface area (Å²) >= 11 is 6.00. The van der Waals surface area contributed by atoms with Crippen molar-refractivity contribution in [1.82, 2.24) is 4.98 Å². The van der Waals surface area contributed by atoms with Gasteiger partial charge in [0.15, 0.2) is 5.58 Å². The second kappa shape index (κ2) is 3.35. The van der Waals surface area contributed by atoms with Gasteiger partial charge < -0.3 is 4.42 Å². The summed E-state index contributed by atoms with van der Waals surface area (Å²) in [6.07, 6.45) is 0. The quantitative estimate of drug-likeness (QED) is 0.714. The van der Waals surface area contributed by atoms with E-state index in [4.69, 9.17) is 16.0 Å². The Balaban J connectivity index is 2.66. The molecule has 2 aromatic heterocycles. The van der Waals surface area contributed by atoms with Crippen LogP contribution in [0.3, 0.4) is 0 Å². The van der Waals surface area contributed by atoms with Crippen LogP contribution in [-0.2, 0) is 0 Å². The maximum atomic E-state index is 6.00. The second-order valence-electron chi connectivity index (χ2n) is 4.80. The number of fused-ring (bicyclic) bond motifs is 1. The van der Waals surface area contributed by atoms with Crippen LogP contribution in [0.15, 0.2) is 16.5 Å². The van der Waals surface area contributed by atoms with Crippen molar-refractivity contribution in [2.75, 3.05) is 0 Å². The molecule has 2 rings (SSSR count). The summed E-state index contributed by atoms with van der Waals surface area (Å²) in [5.74, 6) is 0. The summed E-state index contributed by atoms with van der Waals surface area (Å²) in [6, 6.07) is 3.90. The van der Waals surface area contributed by atoms with Crippen LogP contribution in [-0.4, -0.2) is 13.1 Å². The largest absolute Gasteiger partial charge is 0.464 e. The lowest BCUT2D eigenvalue weighted by atomic mass is 10.3. The molecule has 0 radical (unpaired) electrons. The van der Waals surface area contributed by atoms with Crippen molar-refractivity contribution in [3.63, 3.8) is 0 Å². The van der Waals surface area contributed by atoms with Crippen molar-refractivity contribution in [2.45, 2.75) is 26.6 Å². The SMILES string of the molecule is Cc1nc2cc([Si](C)(C)C)oc2cc1Cl. The minimum atomic E-state index is -1.40. The van der Waals surface area contributed by atoms with E-state index >= 15 is 0 Å². The molecule has 0 aliphatic carbocycles. The number of pyridine rings is 1. The van der Waals surface area contributed by atoms with Crippen LogP contribution in [0.5, 0.6) is 0 Å². The Labute approximate surface area is 95.3 Å². The molecule has 0 fully saturated rings. The Bertz CT molecular complexity index is 474. The van der Waals surface area contributed by atoms with E-state index in [0.29, 0.717) is 5.02 Å². The van der Waals surface area contributed by atoms with E-state index in [0.717, 1.165) is 22.2 Å². The number of halogens is 1. The minimum Gasteiger partial charge on any atom is -0.464 e. The summed E-state index contributed by atoms with van der Waals surface area (Å²) in [5, 5.41) is 1.74. The van der Waals surface area contributed by atoms with Gasteiger partial charge >= 0.3 is 0 Å². The zero-order valence-corrected chi connectivity index (χ0v) is 11.1. The van der Waals surface area contributed by atoms with Crippen molar-refractivity contribution in [3.05, 3.63) is 22.8 Å². The van der Waals surface area contributed by atoms with Crippen LogP contribution < -0.4 is 5.38 Å². The minimum absolute atomic E-state index is 0.666. The Morgan fingerprint density at radius 1 is 1.27 bits per heavy atom. The molecule has 0 saturated carbocycles. The Hall–Kier alpha value is -0.803. The molecular weight excluding hydrogens is 226 g/mol. The number of hydrogen-bond donors (Lipinski definition) is 0. The molecule has 0 saturated heterocycles. The van der Waals surface area contributed by atoms with E-state index in [2.05, 4.69) is 24.6 Å². The van der Waals surface area contributed by atoms with Gasteiger partial charge in [0, 0.05) is 12.1 Å². The molecule has 15 heavy (non-hydrogen) atoms. The lowest BCUT2D eigenvalue weighted by Gasteiger charge is -2.10. The summed E-state index contributed by atoms with van der Waals surface area (Å²) in [6.45, 7) is 8.65. The highest BCUT2D eigenvalue weighted by Gasteiger charge is 2.22. The van der Waals surface area contributed by atoms with Crippen molar-refractivity contribution in [1.29, 1.82) is 0 Å². The van der Waals surface area contributed by atoms with Crippen molar-refractivity contribution in [2.24, 2.45) is 0 Å². The first-order chi connectivity index (χ1) is 6.88. The van der Waals surface area contributed by atoms with Gasteiger partial charge in [-0.25, -0.2) is 4.98 Å². The van der Waals surface area contributed by atoms with Gasteiger partial charge in [0.05, 0.1) is 16.1 Å². The molecule has 0 bridgehead atoms. The molecule has 2 heterocycles. The monoisotopic (exact) mass is 239 g/mol. The highest BCUT2D eigenvalue weighted by atomic mass is 35.5. The summed E-state index contributed by atoms with van der Waals surface area (Å²) in [7, 11) is -1.40. The highest BCUT2D eigenvalue weighted by molar-refractivity contribution is 6.87. The molecule has 0 aromatic carbocycles. The van der Waals surface area contributed by atoms with E-state index in [1.165, 1.54) is 0 Å². The van der Waals surface area contributed by atoms with E-state index < -0.39 is 8.07 Å². The summed E-state index contributed by atoms with van der Waals surface area (Å²) in [4.78, 5) is 4.41. The number of hydrogen-bond acceptors (Lipinski definition) is 2. The summed E-state index contributed by atoms with van der Waals surface area (Å²) in [5.41, 5.74) is 2.56. The fourth-order valence-corrected chi connectivity index (χ4v) is 2.54. The first-order valence-electron chi connectivity index (χ1n) is 4.95. The average Bonchev–Trinajstić information content (AvgIpc) is 2.47. The molecule has 0 aliphatic heterocycles. The normalized spacial score (nSPS) is 12.3. The number of nitrogens with zero attached hydrogens (tertiary/aromatic N) is 1. The van der Waals surface area contributed by atoms with Gasteiger partial charge in [0.2, 0.25) is 0 Å². The fraction of sp³-hybridized carbons (Fsp3) is 0.364. The first kappa shape index (κ1) is 10.7. The van der Waals surface area contributed by atoms with Gasteiger partial charge in [0.1, 0.15) is 13.6 Å². The fourth-order valence-electron chi connectivity index (χ4n) is 1.41. The Morgan fingerprint density at radius 3 is 2.53 bits per heavy atom. The van der Waals surface area contributed by atoms with E-state index in [1.54, 1.807) is 0 Å². The molecule has 0 spiro atoms. The zero-order valence-electron chi connectivity index (χ0n) is 9.39. The molecule has 0 amide bonds. The van der Waals surface area contributed by atoms with Gasteiger partial charge in [-0.2, -0.15) is 0 Å². The Kier molecular flexibility index (Phi) is 2.39. The summed E-state index contributed by atoms with van der Waals surface area (Å²) < 4.78 is 5.78. The lowest BCUT2D eigenvalue weighted by molar-refractivity contribution is 0.647. The van der Waals surface area contributed by atoms with Crippen LogP contribution in [0.4, 0.5) is 0 Å². The molecule has 2 nitrogen and oxygen atoms in total. The van der Waals surface area contributed by atoms with Gasteiger partial charge in [-0.3, -0.25) is 0 Å². The van der Waals surface area contributed by atoms with Crippen LogP contribution in [0.1, 0.15) is 5.69 Å². The second-order valence-corrected chi connectivity index (χ2v) is 10.2. The van der Waals surface area contributed by atoms with Crippen LogP contribution in [0.2, 0.25) is 24.7 Å². The third kappa shape index (κ3) is 1.94. The molecule has 0 N–H and O–H groups in total. The maximum absolute atomic E-state index is 6.00. The number of aromatic nitrogens is 1. The van der Waals surface area contributed by atoms with E-state index in [1.807, 2.05) is 19.1 Å². The molecule has 4 heteroatoms. The van der Waals surface area contributed by atoms with Crippen molar-refractivity contribution >= 4 is 36.2 Å². The smallest absolute Gasteiger partial charge is 0.153 e. The average molecular weight is 240 g/mol. The maximum Gasteiger partial charge on any atom is 0.153 e. The predicted molar refractivity (Wildman–Crippen MR) is 66.7 cm³/mol. The standard InChI is InChI=1S/C11H14ClNOSi/c1-7-8(12)5-10-9(13-7)6-11(14-10)15(2,3)4/h5-6H,1-4H3. The third-order valence-corrected chi connectivity index (χ3v) is 4.48. The number of rotatable bonds is 1. The van der Waals surface area contributed by atoms with E-state index in [-0.39, 0.29) is 0 Å². The van der Waals surface area contributed by atoms with Crippen LogP contribution in [0.25, 0.3) is 11.1 Å². The number of aryl methyl sites for hydroxylation is 1. The number of furan rings is 1. The van der Waals surface area contributed by atoms with Crippen LogP contribution >= 0.6 is 11.6 Å². The molecule has 0 aliphatic rings. The predicted octanol–water partition coefficient (Wildman–Crippen LogP) is 3.33. The zero-order chi connectivity index (χ0) is 11.2. The third-order valence-electron chi connectivity index (χ3n) is 2.37. The van der Waals surface area contributed by atoms with Gasteiger partial charge in [-0.05, 0) is 6.92 Å². The molecular formula is C11H14ClNOSi. The molecule has 2 aromatic rings. The lowest BCUT2D eigenvalue weighted by Crippen LogP contribution is -2.36. The van der Waals surface area contributed by atoms with Gasteiger partial charge in [-0.15, -0.1) is 0 Å². The van der Waals surface area contributed by atoms with Gasteiger partial charge in [0.25, 0.3) is 0 Å².